The summed E-state index contributed by atoms with van der Waals surface area (Å²) in [7, 11) is -3.79. The van der Waals surface area contributed by atoms with E-state index in [0.717, 1.165) is 25.7 Å². The van der Waals surface area contributed by atoms with Crippen molar-refractivity contribution in [3.63, 3.8) is 0 Å². The van der Waals surface area contributed by atoms with Gasteiger partial charge in [0, 0.05) is 18.8 Å². The average molecular weight is 313 g/mol. The van der Waals surface area contributed by atoms with Gasteiger partial charge in [0.1, 0.15) is 10.6 Å². The van der Waals surface area contributed by atoms with E-state index in [1.807, 2.05) is 6.92 Å². The highest BCUT2D eigenvalue weighted by atomic mass is 32.2. The summed E-state index contributed by atoms with van der Waals surface area (Å²) in [4.78, 5) is 12.3. The van der Waals surface area contributed by atoms with E-state index in [2.05, 4.69) is 12.2 Å². The summed E-state index contributed by atoms with van der Waals surface area (Å²) in [6.07, 6.45) is 5.58. The van der Waals surface area contributed by atoms with Gasteiger partial charge in [0.2, 0.25) is 10.0 Å². The predicted octanol–water partition coefficient (Wildman–Crippen LogP) is 1.46. The summed E-state index contributed by atoms with van der Waals surface area (Å²) < 4.78 is 24.4. The zero-order valence-electron chi connectivity index (χ0n) is 12.5. The fraction of sp³-hybridized carbons (Fsp3) is 0.643. The lowest BCUT2D eigenvalue weighted by atomic mass is 9.87. The van der Waals surface area contributed by atoms with E-state index < -0.39 is 10.0 Å². The van der Waals surface area contributed by atoms with E-state index in [1.165, 1.54) is 12.3 Å². The first kappa shape index (κ1) is 16.0. The van der Waals surface area contributed by atoms with Crippen LogP contribution < -0.4 is 10.5 Å². The minimum atomic E-state index is -3.79. The quantitative estimate of drug-likeness (QED) is 0.881. The minimum Gasteiger partial charge on any atom is -0.348 e. The molecule has 2 rings (SSSR count). The number of carbonyl (C=O) groups is 1. The van der Waals surface area contributed by atoms with Crippen molar-refractivity contribution < 1.29 is 13.2 Å². The third-order valence-corrected chi connectivity index (χ3v) is 5.00. The molecule has 1 saturated carbocycles. The molecule has 7 heteroatoms. The predicted molar refractivity (Wildman–Crippen MR) is 80.4 cm³/mol. The van der Waals surface area contributed by atoms with E-state index in [0.29, 0.717) is 18.2 Å². The van der Waals surface area contributed by atoms with Gasteiger partial charge in [0.05, 0.1) is 0 Å². The number of nitrogens with zero attached hydrogens (tertiary/aromatic N) is 1. The highest BCUT2D eigenvalue weighted by molar-refractivity contribution is 7.89. The lowest BCUT2D eigenvalue weighted by molar-refractivity contribution is 0.0913. The molecule has 1 aromatic heterocycles. The second-order valence-corrected chi connectivity index (χ2v) is 7.38. The van der Waals surface area contributed by atoms with Gasteiger partial charge in [-0.15, -0.1) is 0 Å². The van der Waals surface area contributed by atoms with E-state index >= 15 is 0 Å². The van der Waals surface area contributed by atoms with Crippen molar-refractivity contribution in [3.8, 4) is 0 Å². The Bertz CT molecular complexity index is 613. The molecule has 1 aliphatic rings. The SMILES string of the molecule is CCn1cc(S(N)(=O)=O)cc1C(=O)NC1CCC(C)CC1. The van der Waals surface area contributed by atoms with E-state index in [1.54, 1.807) is 4.57 Å². The van der Waals surface area contributed by atoms with Gasteiger partial charge in [-0.25, -0.2) is 13.6 Å². The molecule has 1 amide bonds. The van der Waals surface area contributed by atoms with Crippen LogP contribution in [0.5, 0.6) is 0 Å². The Balaban J connectivity index is 2.13. The van der Waals surface area contributed by atoms with Crippen LogP contribution in [0.1, 0.15) is 50.0 Å². The van der Waals surface area contributed by atoms with Crippen LogP contribution in [0.15, 0.2) is 17.2 Å². The Hall–Kier alpha value is -1.34. The highest BCUT2D eigenvalue weighted by Gasteiger charge is 2.23. The molecule has 0 saturated heterocycles. The van der Waals surface area contributed by atoms with Crippen LogP contribution in [-0.4, -0.2) is 24.9 Å². The van der Waals surface area contributed by atoms with Gasteiger partial charge in [-0.2, -0.15) is 0 Å². The minimum absolute atomic E-state index is 0.0215. The Morgan fingerprint density at radius 3 is 2.52 bits per heavy atom. The largest absolute Gasteiger partial charge is 0.348 e. The van der Waals surface area contributed by atoms with Crippen LogP contribution in [0.4, 0.5) is 0 Å². The van der Waals surface area contributed by atoms with Crippen molar-refractivity contribution >= 4 is 15.9 Å². The molecular formula is C14H23N3O3S. The van der Waals surface area contributed by atoms with Crippen molar-refractivity contribution in [2.45, 2.75) is 57.0 Å². The molecule has 1 aliphatic carbocycles. The molecule has 21 heavy (non-hydrogen) atoms. The Morgan fingerprint density at radius 1 is 1.38 bits per heavy atom. The number of carbonyl (C=O) groups excluding carboxylic acids is 1. The first-order chi connectivity index (χ1) is 9.81. The number of rotatable bonds is 4. The molecule has 0 atom stereocenters. The Morgan fingerprint density at radius 2 is 2.00 bits per heavy atom. The lowest BCUT2D eigenvalue weighted by Gasteiger charge is -2.27. The standard InChI is InChI=1S/C14H23N3O3S/c1-3-17-9-12(21(15,19)20)8-13(17)14(18)16-11-6-4-10(2)5-7-11/h8-11H,3-7H2,1-2H3,(H,16,18)(H2,15,19,20). The molecule has 3 N–H and O–H groups in total. The molecule has 118 valence electrons. The average Bonchev–Trinajstić information content (AvgIpc) is 2.85. The summed E-state index contributed by atoms with van der Waals surface area (Å²) >= 11 is 0. The summed E-state index contributed by atoms with van der Waals surface area (Å²) in [5.41, 5.74) is 0.347. The molecule has 0 bridgehead atoms. The van der Waals surface area contributed by atoms with Gasteiger partial charge in [-0.05, 0) is 44.6 Å². The van der Waals surface area contributed by atoms with Gasteiger partial charge in [-0.1, -0.05) is 6.92 Å². The van der Waals surface area contributed by atoms with Gasteiger partial charge < -0.3 is 9.88 Å². The van der Waals surface area contributed by atoms with Crippen LogP contribution >= 0.6 is 0 Å². The van der Waals surface area contributed by atoms with Gasteiger partial charge in [0.25, 0.3) is 5.91 Å². The smallest absolute Gasteiger partial charge is 0.268 e. The normalized spacial score (nSPS) is 23.0. The second-order valence-electron chi connectivity index (χ2n) is 5.82. The van der Waals surface area contributed by atoms with Crippen molar-refractivity contribution in [1.82, 2.24) is 9.88 Å². The van der Waals surface area contributed by atoms with E-state index in [9.17, 15) is 13.2 Å². The fourth-order valence-electron chi connectivity index (χ4n) is 2.76. The third kappa shape index (κ3) is 3.85. The summed E-state index contributed by atoms with van der Waals surface area (Å²) in [5, 5.41) is 8.12. The van der Waals surface area contributed by atoms with Crippen LogP contribution in [0.25, 0.3) is 0 Å². The van der Waals surface area contributed by atoms with E-state index in [4.69, 9.17) is 5.14 Å². The Labute approximate surface area is 125 Å². The Kier molecular flexibility index (Phi) is 4.73. The highest BCUT2D eigenvalue weighted by Crippen LogP contribution is 2.24. The van der Waals surface area contributed by atoms with Crippen molar-refractivity contribution in [1.29, 1.82) is 0 Å². The number of aryl methyl sites for hydroxylation is 1. The number of nitrogens with one attached hydrogen (secondary N) is 1. The lowest BCUT2D eigenvalue weighted by Crippen LogP contribution is -2.38. The van der Waals surface area contributed by atoms with Crippen molar-refractivity contribution in [2.24, 2.45) is 11.1 Å². The van der Waals surface area contributed by atoms with Crippen molar-refractivity contribution in [3.05, 3.63) is 18.0 Å². The first-order valence-electron chi connectivity index (χ1n) is 7.35. The fourth-order valence-corrected chi connectivity index (χ4v) is 3.31. The van der Waals surface area contributed by atoms with Crippen LogP contribution in [-0.2, 0) is 16.6 Å². The topological polar surface area (TPSA) is 94.2 Å². The maximum Gasteiger partial charge on any atom is 0.268 e. The van der Waals surface area contributed by atoms with Crippen LogP contribution in [0.3, 0.4) is 0 Å². The zero-order valence-corrected chi connectivity index (χ0v) is 13.3. The molecular weight excluding hydrogens is 290 g/mol. The summed E-state index contributed by atoms with van der Waals surface area (Å²) in [6, 6.07) is 1.52. The number of hydrogen-bond donors (Lipinski definition) is 2. The molecule has 0 radical (unpaired) electrons. The number of primary sulfonamides is 1. The molecule has 0 aliphatic heterocycles. The number of hydrogen-bond acceptors (Lipinski definition) is 3. The third-order valence-electron chi connectivity index (χ3n) is 4.12. The molecule has 1 fully saturated rings. The molecule has 1 aromatic rings. The number of nitrogens with two attached hydrogens (primary N) is 1. The monoisotopic (exact) mass is 313 g/mol. The molecule has 0 spiro atoms. The molecule has 6 nitrogen and oxygen atoms in total. The maximum absolute atomic E-state index is 12.3. The zero-order chi connectivity index (χ0) is 15.6. The molecule has 0 unspecified atom stereocenters. The van der Waals surface area contributed by atoms with Gasteiger partial charge in [0.15, 0.2) is 0 Å². The maximum atomic E-state index is 12.3. The van der Waals surface area contributed by atoms with Gasteiger partial charge in [-0.3, -0.25) is 4.79 Å². The first-order valence-corrected chi connectivity index (χ1v) is 8.89. The van der Waals surface area contributed by atoms with Crippen LogP contribution in [0.2, 0.25) is 0 Å². The summed E-state index contributed by atoms with van der Waals surface area (Å²) in [6.45, 7) is 4.59. The van der Waals surface area contributed by atoms with Gasteiger partial charge >= 0.3 is 0 Å². The number of sulfonamides is 1. The molecule has 0 aromatic carbocycles. The number of amides is 1. The van der Waals surface area contributed by atoms with Crippen molar-refractivity contribution in [2.75, 3.05) is 0 Å². The summed E-state index contributed by atoms with van der Waals surface area (Å²) in [5.74, 6) is 0.484. The van der Waals surface area contributed by atoms with Crippen LogP contribution in [0, 0.1) is 5.92 Å². The van der Waals surface area contributed by atoms with E-state index in [-0.39, 0.29) is 16.8 Å². The molecule has 1 heterocycles. The number of aromatic nitrogens is 1. The second kappa shape index (κ2) is 6.19.